The Balaban J connectivity index is 1.47. The number of nitrogens with zero attached hydrogens (tertiary/aromatic N) is 2. The van der Waals surface area contributed by atoms with Crippen molar-refractivity contribution in [2.45, 2.75) is 25.7 Å². The summed E-state index contributed by atoms with van der Waals surface area (Å²) in [6, 6.07) is 29.5. The normalized spacial score (nSPS) is 12.9. The quantitative estimate of drug-likeness (QED) is 0.235. The highest BCUT2D eigenvalue weighted by Crippen LogP contribution is 2.32. The number of hydrogen-bond donors (Lipinski definition) is 1. The van der Waals surface area contributed by atoms with Crippen molar-refractivity contribution in [3.63, 3.8) is 0 Å². The van der Waals surface area contributed by atoms with Gasteiger partial charge in [-0.25, -0.2) is 8.42 Å². The van der Waals surface area contributed by atoms with Crippen molar-refractivity contribution in [3.8, 4) is 17.2 Å². The van der Waals surface area contributed by atoms with Crippen LogP contribution in [0, 0.1) is 0 Å². The summed E-state index contributed by atoms with van der Waals surface area (Å²) >= 11 is 0. The summed E-state index contributed by atoms with van der Waals surface area (Å²) in [7, 11) is -2.23. The van der Waals surface area contributed by atoms with Gasteiger partial charge in [-0.2, -0.15) is 4.31 Å². The first-order valence-electron chi connectivity index (χ1n) is 14.3. The number of methoxy groups -OCH3 is 1. The highest BCUT2D eigenvalue weighted by molar-refractivity contribution is 7.88. The second kappa shape index (κ2) is 14.3. The van der Waals surface area contributed by atoms with Gasteiger partial charge in [-0.1, -0.05) is 78.9 Å². The number of ether oxygens (including phenoxy) is 3. The topological polar surface area (TPSA) is 114 Å². The van der Waals surface area contributed by atoms with E-state index in [0.29, 0.717) is 22.8 Å². The Morgan fingerprint density at radius 3 is 2.11 bits per heavy atom. The Labute approximate surface area is 263 Å². The van der Waals surface area contributed by atoms with Gasteiger partial charge in [0.05, 0.1) is 19.9 Å². The van der Waals surface area contributed by atoms with Gasteiger partial charge in [0, 0.05) is 19.6 Å². The van der Waals surface area contributed by atoms with Crippen LogP contribution >= 0.6 is 0 Å². The third-order valence-corrected chi connectivity index (χ3v) is 8.59. The van der Waals surface area contributed by atoms with Crippen molar-refractivity contribution >= 4 is 21.8 Å². The number of carbonyl (C=O) groups excluding carboxylic acids is 2. The number of sulfonamides is 1. The lowest BCUT2D eigenvalue weighted by molar-refractivity contribution is -0.141. The number of benzene rings is 4. The highest BCUT2D eigenvalue weighted by atomic mass is 32.2. The molecule has 0 saturated carbocycles. The molecule has 0 aliphatic carbocycles. The number of carbonyl (C=O) groups is 2. The van der Waals surface area contributed by atoms with Crippen LogP contribution < -0.4 is 19.5 Å². The number of nitrogens with one attached hydrogen (secondary N) is 1. The third kappa shape index (κ3) is 8.20. The van der Waals surface area contributed by atoms with E-state index in [-0.39, 0.29) is 26.4 Å². The van der Waals surface area contributed by atoms with E-state index in [1.54, 1.807) is 67.8 Å². The van der Waals surface area contributed by atoms with Crippen LogP contribution in [0.4, 0.5) is 0 Å². The summed E-state index contributed by atoms with van der Waals surface area (Å²) in [5.41, 5.74) is 2.84. The Kier molecular flexibility index (Phi) is 10.0. The second-order valence-corrected chi connectivity index (χ2v) is 12.6. The maximum atomic E-state index is 14.2. The molecule has 0 fully saturated rings. The molecule has 234 valence electrons. The molecule has 1 aliphatic rings. The highest BCUT2D eigenvalue weighted by Gasteiger charge is 2.34. The van der Waals surface area contributed by atoms with E-state index in [1.807, 2.05) is 42.5 Å². The van der Waals surface area contributed by atoms with Crippen molar-refractivity contribution in [2.75, 3.05) is 26.7 Å². The molecule has 5 rings (SSSR count). The van der Waals surface area contributed by atoms with Crippen LogP contribution in [0.1, 0.15) is 28.3 Å². The van der Waals surface area contributed by atoms with Crippen LogP contribution in [0.5, 0.6) is 17.2 Å². The van der Waals surface area contributed by atoms with Crippen molar-refractivity contribution in [1.29, 1.82) is 0 Å². The first-order valence-corrected chi connectivity index (χ1v) is 16.2. The van der Waals surface area contributed by atoms with Crippen LogP contribution in [0.3, 0.4) is 0 Å². The molecule has 0 bridgehead atoms. The Hall–Kier alpha value is -4.87. The number of amides is 2. The largest absolute Gasteiger partial charge is 0.497 e. The molecule has 0 radical (unpaired) electrons. The van der Waals surface area contributed by atoms with Gasteiger partial charge in [-0.05, 0) is 46.5 Å². The van der Waals surface area contributed by atoms with Gasteiger partial charge < -0.3 is 24.4 Å². The Bertz CT molecular complexity index is 1720. The van der Waals surface area contributed by atoms with Gasteiger partial charge >= 0.3 is 0 Å². The second-order valence-electron chi connectivity index (χ2n) is 10.6. The maximum absolute atomic E-state index is 14.2. The zero-order valence-electron chi connectivity index (χ0n) is 25.1. The molecule has 1 heterocycles. The SMILES string of the molecule is COc1ccc(CN(C(=O)CN(Cc2ccccc2)S(C)(=O)=O)[C@@H](C(=O)NCc2ccc3c(c2)OCO3)c2ccccc2)cc1. The molecule has 4 aromatic carbocycles. The van der Waals surface area contributed by atoms with Crippen LogP contribution in [0.15, 0.2) is 103 Å². The average molecular weight is 630 g/mol. The number of rotatable bonds is 13. The fraction of sp³-hybridized carbons (Fsp3) is 0.235. The fourth-order valence-corrected chi connectivity index (χ4v) is 5.74. The molecule has 2 amide bonds. The molecule has 1 N–H and O–H groups in total. The van der Waals surface area contributed by atoms with Crippen molar-refractivity contribution in [1.82, 2.24) is 14.5 Å². The summed E-state index contributed by atoms with van der Waals surface area (Å²) in [4.78, 5) is 29.7. The first kappa shape index (κ1) is 31.6. The van der Waals surface area contributed by atoms with E-state index in [0.717, 1.165) is 27.3 Å². The third-order valence-electron chi connectivity index (χ3n) is 7.39. The molecule has 1 aliphatic heterocycles. The summed E-state index contributed by atoms with van der Waals surface area (Å²) in [6.45, 7) is -0.0925. The van der Waals surface area contributed by atoms with E-state index in [2.05, 4.69) is 5.32 Å². The van der Waals surface area contributed by atoms with Crippen molar-refractivity contribution in [2.24, 2.45) is 0 Å². The molecule has 1 atom stereocenters. The Morgan fingerprint density at radius 1 is 0.822 bits per heavy atom. The summed E-state index contributed by atoms with van der Waals surface area (Å²) in [5.74, 6) is 0.921. The van der Waals surface area contributed by atoms with Gasteiger partial charge in [-0.3, -0.25) is 9.59 Å². The lowest BCUT2D eigenvalue weighted by Gasteiger charge is -2.33. The summed E-state index contributed by atoms with van der Waals surface area (Å²) < 4.78 is 43.0. The summed E-state index contributed by atoms with van der Waals surface area (Å²) in [6.07, 6.45) is 1.07. The van der Waals surface area contributed by atoms with Crippen molar-refractivity contribution in [3.05, 3.63) is 125 Å². The molecule has 0 spiro atoms. The smallest absolute Gasteiger partial charge is 0.247 e. The fourth-order valence-electron chi connectivity index (χ4n) is 5.02. The van der Waals surface area contributed by atoms with Crippen LogP contribution in [-0.2, 0) is 39.2 Å². The van der Waals surface area contributed by atoms with Crippen LogP contribution in [0.2, 0.25) is 0 Å². The van der Waals surface area contributed by atoms with Gasteiger partial charge in [0.15, 0.2) is 11.5 Å². The van der Waals surface area contributed by atoms with E-state index < -0.39 is 34.4 Å². The minimum absolute atomic E-state index is 0.00804. The molecule has 0 aromatic heterocycles. The van der Waals surface area contributed by atoms with Crippen LogP contribution in [-0.4, -0.2) is 56.1 Å². The molecule has 4 aromatic rings. The zero-order valence-corrected chi connectivity index (χ0v) is 25.9. The molecule has 0 saturated heterocycles. The first-order chi connectivity index (χ1) is 21.7. The zero-order chi connectivity index (χ0) is 31.8. The van der Waals surface area contributed by atoms with Crippen LogP contribution in [0.25, 0.3) is 0 Å². The number of fused-ring (bicyclic) bond motifs is 1. The molecule has 45 heavy (non-hydrogen) atoms. The molecule has 0 unspecified atom stereocenters. The predicted octanol–water partition coefficient (Wildman–Crippen LogP) is 4.27. The number of hydrogen-bond acceptors (Lipinski definition) is 7. The lowest BCUT2D eigenvalue weighted by Crippen LogP contribution is -2.47. The van der Waals surface area contributed by atoms with Gasteiger partial charge in [-0.15, -0.1) is 0 Å². The monoisotopic (exact) mass is 629 g/mol. The van der Waals surface area contributed by atoms with E-state index >= 15 is 0 Å². The summed E-state index contributed by atoms with van der Waals surface area (Å²) in [5, 5.41) is 2.97. The molecular formula is C34H35N3O7S. The lowest BCUT2D eigenvalue weighted by atomic mass is 10.0. The van der Waals surface area contributed by atoms with Gasteiger partial charge in [0.25, 0.3) is 0 Å². The minimum Gasteiger partial charge on any atom is -0.497 e. The van der Waals surface area contributed by atoms with Crippen molar-refractivity contribution < 1.29 is 32.2 Å². The average Bonchev–Trinajstić information content (AvgIpc) is 3.52. The van der Waals surface area contributed by atoms with Gasteiger partial charge in [0.1, 0.15) is 11.8 Å². The standard InChI is InChI=1S/C34H35N3O7S/c1-42-29-16-13-26(14-17-29)22-37(32(38)23-36(45(2,40)41)21-25-9-5-3-6-10-25)33(28-11-7-4-8-12-28)34(39)35-20-27-15-18-30-31(19-27)44-24-43-30/h3-19,33H,20-24H2,1-2H3,(H,35,39)/t33-/m1/s1. The maximum Gasteiger partial charge on any atom is 0.247 e. The minimum atomic E-state index is -3.79. The Morgan fingerprint density at radius 2 is 1.44 bits per heavy atom. The van der Waals surface area contributed by atoms with E-state index in [9.17, 15) is 18.0 Å². The van der Waals surface area contributed by atoms with E-state index in [4.69, 9.17) is 14.2 Å². The van der Waals surface area contributed by atoms with Gasteiger partial charge in [0.2, 0.25) is 28.6 Å². The molecule has 10 nitrogen and oxygen atoms in total. The predicted molar refractivity (Wildman–Crippen MR) is 169 cm³/mol. The molecule has 11 heteroatoms. The van der Waals surface area contributed by atoms with E-state index in [1.165, 1.54) is 4.90 Å². The molecular weight excluding hydrogens is 594 g/mol.